The van der Waals surface area contributed by atoms with E-state index in [0.29, 0.717) is 12.4 Å². The maximum atomic E-state index is 13.4. The first-order valence-corrected chi connectivity index (χ1v) is 7.35. The number of rotatable bonds is 1. The first-order valence-electron chi connectivity index (χ1n) is 7.35. The van der Waals surface area contributed by atoms with Crippen molar-refractivity contribution in [2.75, 3.05) is 19.7 Å². The molecule has 1 unspecified atom stereocenters. The molecule has 2 aliphatic rings. The lowest BCUT2D eigenvalue weighted by Crippen LogP contribution is -2.47. The van der Waals surface area contributed by atoms with E-state index in [9.17, 15) is 9.65 Å². The third kappa shape index (κ3) is 2.16. The zero-order chi connectivity index (χ0) is 14.0. The van der Waals surface area contributed by atoms with Crippen molar-refractivity contribution in [2.24, 2.45) is 0 Å². The van der Waals surface area contributed by atoms with Crippen molar-refractivity contribution in [3.05, 3.63) is 29.6 Å². The summed E-state index contributed by atoms with van der Waals surface area (Å²) in [6, 6.07) is 7.10. The average molecular weight is 274 g/mol. The van der Waals surface area contributed by atoms with Gasteiger partial charge in [0.05, 0.1) is 12.7 Å². The lowest BCUT2D eigenvalue weighted by atomic mass is 9.83. The number of likely N-dealkylation sites (tertiary alicyclic amines) is 1. The van der Waals surface area contributed by atoms with Crippen LogP contribution in [0.15, 0.2) is 18.2 Å². The van der Waals surface area contributed by atoms with Gasteiger partial charge >= 0.3 is 0 Å². The summed E-state index contributed by atoms with van der Waals surface area (Å²) >= 11 is 0. The van der Waals surface area contributed by atoms with E-state index in [-0.39, 0.29) is 5.82 Å². The molecule has 0 radical (unpaired) electrons. The van der Waals surface area contributed by atoms with Crippen molar-refractivity contribution in [1.82, 2.24) is 4.90 Å². The molecule has 1 aromatic rings. The largest absolute Gasteiger partial charge is 0.493 e. The summed E-state index contributed by atoms with van der Waals surface area (Å²) in [6.45, 7) is 2.42. The Bertz CT molecular complexity index is 534. The van der Waals surface area contributed by atoms with E-state index >= 15 is 0 Å². The third-order valence-electron chi connectivity index (χ3n) is 4.41. The number of halogens is 1. The first kappa shape index (κ1) is 13.4. The van der Waals surface area contributed by atoms with Crippen LogP contribution in [0.25, 0.3) is 0 Å². The van der Waals surface area contributed by atoms with Gasteiger partial charge in [-0.3, -0.25) is 4.90 Å². The van der Waals surface area contributed by atoms with Gasteiger partial charge in [-0.2, -0.15) is 5.26 Å². The number of ether oxygens (including phenoxy) is 1. The van der Waals surface area contributed by atoms with Crippen molar-refractivity contribution in [2.45, 2.75) is 37.6 Å². The second-order valence-corrected chi connectivity index (χ2v) is 5.61. The number of nitrogens with zero attached hydrogens (tertiary/aromatic N) is 2. The molecule has 2 aliphatic heterocycles. The topological polar surface area (TPSA) is 36.3 Å². The molecule has 1 fully saturated rings. The van der Waals surface area contributed by atoms with Crippen LogP contribution in [0.4, 0.5) is 4.39 Å². The summed E-state index contributed by atoms with van der Waals surface area (Å²) in [6.07, 6.45) is 5.05. The quantitative estimate of drug-likeness (QED) is 0.789. The summed E-state index contributed by atoms with van der Waals surface area (Å²) in [5.74, 6) is 0.228. The molecule has 20 heavy (non-hydrogen) atoms. The van der Waals surface area contributed by atoms with E-state index in [4.69, 9.17) is 4.74 Å². The smallest absolute Gasteiger partial charge is 0.138 e. The summed E-state index contributed by atoms with van der Waals surface area (Å²) in [4.78, 5) is 2.27. The molecule has 0 spiro atoms. The van der Waals surface area contributed by atoms with Gasteiger partial charge in [-0.1, -0.05) is 6.42 Å². The molecule has 0 aromatic heterocycles. The standard InChI is InChI=1S/C16H19FN2O/c17-13-5-6-14-15(11-13)20-10-4-7-16(14,12-18)19-8-2-1-3-9-19/h5-6,11H,1-4,7-10H2. The molecule has 0 aliphatic carbocycles. The number of nitriles is 1. The fourth-order valence-corrected chi connectivity index (χ4v) is 3.39. The molecule has 3 rings (SSSR count). The Morgan fingerprint density at radius 3 is 2.75 bits per heavy atom. The molecule has 0 amide bonds. The van der Waals surface area contributed by atoms with Crippen LogP contribution < -0.4 is 4.74 Å². The van der Waals surface area contributed by atoms with Gasteiger partial charge in [-0.15, -0.1) is 0 Å². The van der Waals surface area contributed by atoms with Gasteiger partial charge in [0.25, 0.3) is 0 Å². The van der Waals surface area contributed by atoms with Crippen LogP contribution in [0.2, 0.25) is 0 Å². The van der Waals surface area contributed by atoms with Crippen LogP contribution in [0.3, 0.4) is 0 Å². The van der Waals surface area contributed by atoms with Crippen molar-refractivity contribution in [1.29, 1.82) is 5.26 Å². The fourth-order valence-electron chi connectivity index (χ4n) is 3.39. The van der Waals surface area contributed by atoms with Crippen LogP contribution in [0, 0.1) is 17.1 Å². The summed E-state index contributed by atoms with van der Waals surface area (Å²) in [7, 11) is 0. The van der Waals surface area contributed by atoms with Crippen molar-refractivity contribution >= 4 is 0 Å². The second kappa shape index (κ2) is 5.41. The van der Waals surface area contributed by atoms with Crippen molar-refractivity contribution < 1.29 is 9.13 Å². The van der Waals surface area contributed by atoms with Gasteiger partial charge in [0.15, 0.2) is 0 Å². The van der Waals surface area contributed by atoms with Crippen molar-refractivity contribution in [3.8, 4) is 11.8 Å². The first-order chi connectivity index (χ1) is 9.76. The number of hydrogen-bond acceptors (Lipinski definition) is 3. The highest BCUT2D eigenvalue weighted by molar-refractivity contribution is 5.44. The minimum Gasteiger partial charge on any atom is -0.493 e. The maximum Gasteiger partial charge on any atom is 0.138 e. The summed E-state index contributed by atoms with van der Waals surface area (Å²) in [5.41, 5.74) is 0.181. The van der Waals surface area contributed by atoms with Crippen LogP contribution in [-0.2, 0) is 5.54 Å². The van der Waals surface area contributed by atoms with E-state index in [0.717, 1.165) is 44.3 Å². The number of fused-ring (bicyclic) bond motifs is 1. The Hall–Kier alpha value is -1.60. The zero-order valence-electron chi connectivity index (χ0n) is 11.6. The highest BCUT2D eigenvalue weighted by atomic mass is 19.1. The van der Waals surface area contributed by atoms with Crippen LogP contribution in [-0.4, -0.2) is 24.6 Å². The SMILES string of the molecule is N#CC1(N2CCCCC2)CCCOc2cc(F)ccc21. The van der Waals surface area contributed by atoms with E-state index in [1.165, 1.54) is 18.6 Å². The highest BCUT2D eigenvalue weighted by Crippen LogP contribution is 2.42. The van der Waals surface area contributed by atoms with Gasteiger partial charge in [0, 0.05) is 11.6 Å². The number of piperidine rings is 1. The average Bonchev–Trinajstić information content (AvgIpc) is 2.67. The van der Waals surface area contributed by atoms with E-state index in [1.54, 1.807) is 6.07 Å². The third-order valence-corrected chi connectivity index (χ3v) is 4.41. The molecule has 1 atom stereocenters. The maximum absolute atomic E-state index is 13.4. The molecule has 4 heteroatoms. The Balaban J connectivity index is 2.08. The molecular weight excluding hydrogens is 255 g/mol. The highest BCUT2D eigenvalue weighted by Gasteiger charge is 2.42. The lowest BCUT2D eigenvalue weighted by Gasteiger charge is -2.41. The lowest BCUT2D eigenvalue weighted by molar-refractivity contribution is 0.101. The number of hydrogen-bond donors (Lipinski definition) is 0. The van der Waals surface area contributed by atoms with Crippen LogP contribution >= 0.6 is 0 Å². The Labute approximate surface area is 119 Å². The predicted octanol–water partition coefficient (Wildman–Crippen LogP) is 3.20. The summed E-state index contributed by atoms with van der Waals surface area (Å²) in [5, 5.41) is 9.89. The normalized spacial score (nSPS) is 27.0. The minimum absolute atomic E-state index is 0.309. The summed E-state index contributed by atoms with van der Waals surface area (Å²) < 4.78 is 19.1. The predicted molar refractivity (Wildman–Crippen MR) is 73.8 cm³/mol. The molecule has 0 bridgehead atoms. The Morgan fingerprint density at radius 2 is 2.00 bits per heavy atom. The molecular formula is C16H19FN2O. The van der Waals surface area contributed by atoms with Gasteiger partial charge in [-0.05, 0) is 50.9 Å². The monoisotopic (exact) mass is 274 g/mol. The van der Waals surface area contributed by atoms with Crippen LogP contribution in [0.5, 0.6) is 5.75 Å². The van der Waals surface area contributed by atoms with Crippen molar-refractivity contribution in [3.63, 3.8) is 0 Å². The van der Waals surface area contributed by atoms with E-state index < -0.39 is 5.54 Å². The Kier molecular flexibility index (Phi) is 3.62. The molecule has 1 aromatic carbocycles. The fraction of sp³-hybridized carbons (Fsp3) is 0.562. The zero-order valence-corrected chi connectivity index (χ0v) is 11.6. The Morgan fingerprint density at radius 1 is 1.20 bits per heavy atom. The van der Waals surface area contributed by atoms with Gasteiger partial charge in [0.2, 0.25) is 0 Å². The molecule has 0 N–H and O–H groups in total. The molecule has 3 nitrogen and oxygen atoms in total. The minimum atomic E-state index is -0.653. The van der Waals surface area contributed by atoms with Crippen LogP contribution in [0.1, 0.15) is 37.7 Å². The molecule has 2 heterocycles. The van der Waals surface area contributed by atoms with Gasteiger partial charge < -0.3 is 4.74 Å². The van der Waals surface area contributed by atoms with Gasteiger partial charge in [0.1, 0.15) is 17.1 Å². The van der Waals surface area contributed by atoms with Gasteiger partial charge in [-0.25, -0.2) is 4.39 Å². The number of benzene rings is 1. The van der Waals surface area contributed by atoms with E-state index in [1.807, 2.05) is 0 Å². The van der Waals surface area contributed by atoms with E-state index in [2.05, 4.69) is 11.0 Å². The second-order valence-electron chi connectivity index (χ2n) is 5.61. The molecule has 0 saturated carbocycles. The molecule has 1 saturated heterocycles. The molecule has 106 valence electrons.